The number of nitrogens with one attached hydrogen (secondary N) is 1. The van der Waals surface area contributed by atoms with Crippen molar-refractivity contribution >= 4 is 5.91 Å². The number of allylic oxidation sites excluding steroid dienone is 8. The lowest BCUT2D eigenvalue weighted by molar-refractivity contribution is -0.132. The van der Waals surface area contributed by atoms with Crippen LogP contribution >= 0.6 is 0 Å². The van der Waals surface area contributed by atoms with E-state index in [4.69, 9.17) is 0 Å². The van der Waals surface area contributed by atoms with Crippen molar-refractivity contribution in [1.82, 2.24) is 5.32 Å². The Balaban J connectivity index is 3.65. The number of aliphatic hydroxyl groups is 4. The third kappa shape index (κ3) is 41.4. The van der Waals surface area contributed by atoms with Gasteiger partial charge in [-0.15, -0.1) is 0 Å². The first-order valence-corrected chi connectivity index (χ1v) is 25.5. The van der Waals surface area contributed by atoms with Gasteiger partial charge < -0.3 is 25.7 Å². The molecule has 6 nitrogen and oxygen atoms in total. The standard InChI is InChI=1S/C53H99NO5/c1-3-5-7-9-11-13-15-17-19-20-21-22-23-24-25-26-27-28-29-30-31-32-33-35-37-39-41-43-45-47-51(57)53(59)54-49(48-55)52(58)50(56)46-44-42-40-38-36-34-18-16-14-12-10-8-6-4-2/h8,10,16,18,24-25,38,40,49-52,55-58H,3-7,9,11-15,17,19-23,26-37,39,41-48H2,1-2H3,(H,54,59)/b10-8+,18-16+,25-24-,40-38+. The van der Waals surface area contributed by atoms with Crippen LogP contribution in [-0.2, 0) is 4.79 Å². The molecule has 0 spiro atoms. The molecule has 1 amide bonds. The molecule has 4 atom stereocenters. The summed E-state index contributed by atoms with van der Waals surface area (Å²) in [7, 11) is 0. The molecule has 346 valence electrons. The predicted molar refractivity (Wildman–Crippen MR) is 256 cm³/mol. The van der Waals surface area contributed by atoms with E-state index in [-0.39, 0.29) is 0 Å². The zero-order valence-corrected chi connectivity index (χ0v) is 39.0. The molecule has 4 unspecified atom stereocenters. The minimum Gasteiger partial charge on any atom is -0.394 e. The van der Waals surface area contributed by atoms with Crippen molar-refractivity contribution in [2.75, 3.05) is 6.61 Å². The number of carbonyl (C=O) groups is 1. The van der Waals surface area contributed by atoms with Gasteiger partial charge in [0.1, 0.15) is 12.2 Å². The number of rotatable bonds is 46. The predicted octanol–water partition coefficient (Wildman–Crippen LogP) is 14.2. The molecule has 0 radical (unpaired) electrons. The monoisotopic (exact) mass is 830 g/mol. The molecular weight excluding hydrogens is 731 g/mol. The van der Waals surface area contributed by atoms with Crippen LogP contribution in [0.25, 0.3) is 0 Å². The highest BCUT2D eigenvalue weighted by Crippen LogP contribution is 2.16. The topological polar surface area (TPSA) is 110 Å². The van der Waals surface area contributed by atoms with Crippen LogP contribution < -0.4 is 5.32 Å². The highest BCUT2D eigenvalue weighted by Gasteiger charge is 2.28. The third-order valence-corrected chi connectivity index (χ3v) is 11.7. The molecule has 0 aromatic carbocycles. The Labute approximate surface area is 366 Å². The van der Waals surface area contributed by atoms with Crippen molar-refractivity contribution in [2.24, 2.45) is 0 Å². The maximum absolute atomic E-state index is 12.5. The summed E-state index contributed by atoms with van der Waals surface area (Å²) in [6.45, 7) is 3.98. The normalized spacial score (nSPS) is 14.3. The first-order valence-electron chi connectivity index (χ1n) is 25.5. The van der Waals surface area contributed by atoms with Crippen LogP contribution in [0.5, 0.6) is 0 Å². The average molecular weight is 830 g/mol. The second-order valence-corrected chi connectivity index (χ2v) is 17.5. The fourth-order valence-electron chi connectivity index (χ4n) is 7.67. The zero-order chi connectivity index (χ0) is 43.1. The van der Waals surface area contributed by atoms with E-state index in [9.17, 15) is 25.2 Å². The van der Waals surface area contributed by atoms with Gasteiger partial charge in [-0.3, -0.25) is 4.79 Å². The summed E-state index contributed by atoms with van der Waals surface area (Å²) in [5, 5.41) is 43.7. The van der Waals surface area contributed by atoms with Gasteiger partial charge in [0.05, 0.1) is 18.8 Å². The van der Waals surface area contributed by atoms with Crippen molar-refractivity contribution in [1.29, 1.82) is 0 Å². The maximum atomic E-state index is 12.5. The third-order valence-electron chi connectivity index (χ3n) is 11.7. The maximum Gasteiger partial charge on any atom is 0.249 e. The highest BCUT2D eigenvalue weighted by atomic mass is 16.3. The summed E-state index contributed by atoms with van der Waals surface area (Å²) >= 11 is 0. The van der Waals surface area contributed by atoms with Gasteiger partial charge in [-0.1, -0.05) is 217 Å². The van der Waals surface area contributed by atoms with Gasteiger partial charge in [0, 0.05) is 0 Å². The van der Waals surface area contributed by atoms with Crippen LogP contribution in [0.4, 0.5) is 0 Å². The Morgan fingerprint density at radius 2 is 0.746 bits per heavy atom. The molecule has 0 fully saturated rings. The van der Waals surface area contributed by atoms with Gasteiger partial charge in [-0.2, -0.15) is 0 Å². The van der Waals surface area contributed by atoms with E-state index in [1.807, 2.05) is 0 Å². The van der Waals surface area contributed by atoms with E-state index in [0.29, 0.717) is 19.3 Å². The van der Waals surface area contributed by atoms with E-state index in [0.717, 1.165) is 57.8 Å². The Kier molecular flexibility index (Phi) is 45.9. The summed E-state index contributed by atoms with van der Waals surface area (Å²) in [5.74, 6) is -0.600. The van der Waals surface area contributed by atoms with Gasteiger partial charge in [-0.25, -0.2) is 0 Å². The summed E-state index contributed by atoms with van der Waals surface area (Å²) in [5.41, 5.74) is 0. The minimum absolute atomic E-state index is 0.358. The molecule has 0 aromatic rings. The van der Waals surface area contributed by atoms with Crippen molar-refractivity contribution in [3.63, 3.8) is 0 Å². The first kappa shape index (κ1) is 57.3. The van der Waals surface area contributed by atoms with Gasteiger partial charge in [0.2, 0.25) is 5.91 Å². The molecular formula is C53H99NO5. The number of hydrogen-bond acceptors (Lipinski definition) is 5. The van der Waals surface area contributed by atoms with Gasteiger partial charge >= 0.3 is 0 Å². The Hall–Kier alpha value is -1.73. The van der Waals surface area contributed by atoms with E-state index in [1.165, 1.54) is 161 Å². The largest absolute Gasteiger partial charge is 0.394 e. The number of carbonyl (C=O) groups excluding carboxylic acids is 1. The molecule has 0 saturated heterocycles. The second kappa shape index (κ2) is 47.3. The van der Waals surface area contributed by atoms with Crippen LogP contribution in [0.2, 0.25) is 0 Å². The number of amides is 1. The SMILES string of the molecule is CCC/C=C/CC/C=C/CC/C=C/CCCC(O)C(O)C(CO)NC(=O)C(O)CCCCCCCCCCCCCCC/C=C\CCCCCCCCCCCCCC. The molecule has 0 heterocycles. The lowest BCUT2D eigenvalue weighted by atomic mass is 10.00. The molecule has 0 rings (SSSR count). The molecule has 59 heavy (non-hydrogen) atoms. The molecule has 0 bridgehead atoms. The van der Waals surface area contributed by atoms with Crippen molar-refractivity contribution in [3.05, 3.63) is 48.6 Å². The fraction of sp³-hybridized carbons (Fsp3) is 0.830. The smallest absolute Gasteiger partial charge is 0.249 e. The highest BCUT2D eigenvalue weighted by molar-refractivity contribution is 5.80. The number of hydrogen-bond donors (Lipinski definition) is 5. The molecule has 5 N–H and O–H groups in total. The van der Waals surface area contributed by atoms with Crippen molar-refractivity contribution in [3.8, 4) is 0 Å². The van der Waals surface area contributed by atoms with E-state index in [2.05, 4.69) is 67.8 Å². The van der Waals surface area contributed by atoms with Gasteiger partial charge in [0.25, 0.3) is 0 Å². The molecule has 0 aliphatic rings. The summed E-state index contributed by atoms with van der Waals surface area (Å²) < 4.78 is 0. The van der Waals surface area contributed by atoms with Crippen LogP contribution in [0.3, 0.4) is 0 Å². The van der Waals surface area contributed by atoms with Crippen molar-refractivity contribution < 1.29 is 25.2 Å². The lowest BCUT2D eigenvalue weighted by Crippen LogP contribution is -2.53. The van der Waals surface area contributed by atoms with Gasteiger partial charge in [-0.05, 0) is 83.5 Å². The number of aliphatic hydroxyl groups excluding tert-OH is 4. The lowest BCUT2D eigenvalue weighted by Gasteiger charge is -2.27. The Morgan fingerprint density at radius 3 is 1.14 bits per heavy atom. The van der Waals surface area contributed by atoms with Crippen molar-refractivity contribution in [2.45, 2.75) is 276 Å². The molecule has 0 saturated carbocycles. The molecule has 0 aromatic heterocycles. The molecule has 6 heteroatoms. The second-order valence-electron chi connectivity index (χ2n) is 17.5. The van der Waals surface area contributed by atoms with Crippen LogP contribution in [0.1, 0.15) is 251 Å². The van der Waals surface area contributed by atoms with E-state index >= 15 is 0 Å². The van der Waals surface area contributed by atoms with Crippen LogP contribution in [0.15, 0.2) is 48.6 Å². The molecule has 0 aliphatic heterocycles. The Morgan fingerprint density at radius 1 is 0.407 bits per heavy atom. The van der Waals surface area contributed by atoms with Gasteiger partial charge in [0.15, 0.2) is 0 Å². The fourth-order valence-corrected chi connectivity index (χ4v) is 7.67. The van der Waals surface area contributed by atoms with E-state index in [1.54, 1.807) is 0 Å². The quantitative estimate of drug-likeness (QED) is 0.0310. The van der Waals surface area contributed by atoms with Crippen LogP contribution in [-0.4, -0.2) is 57.3 Å². The molecule has 0 aliphatic carbocycles. The van der Waals surface area contributed by atoms with E-state index < -0.39 is 36.9 Å². The zero-order valence-electron chi connectivity index (χ0n) is 39.0. The van der Waals surface area contributed by atoms with Crippen LogP contribution in [0, 0.1) is 0 Å². The summed E-state index contributed by atoms with van der Waals surface area (Å²) in [6, 6.07) is -1.01. The first-order chi connectivity index (χ1) is 29.0. The average Bonchev–Trinajstić information content (AvgIpc) is 3.24. The summed E-state index contributed by atoms with van der Waals surface area (Å²) in [4.78, 5) is 12.5. The minimum atomic E-state index is -1.29. The Bertz CT molecular complexity index is 977. The summed E-state index contributed by atoms with van der Waals surface area (Å²) in [6.07, 6.45) is 58.9. The number of unbranched alkanes of at least 4 members (excludes halogenated alkanes) is 29.